The van der Waals surface area contributed by atoms with E-state index in [2.05, 4.69) is 41.4 Å². The minimum atomic E-state index is 0.334. The van der Waals surface area contributed by atoms with Crippen LogP contribution in [0.2, 0.25) is 0 Å². The number of aryl methyl sites for hydroxylation is 1. The third-order valence-electron chi connectivity index (χ3n) is 4.47. The molecule has 0 aromatic heterocycles. The molecule has 2 rings (SSSR count). The van der Waals surface area contributed by atoms with Gasteiger partial charge in [0.1, 0.15) is 0 Å². The largest absolute Gasteiger partial charge is 0.396 e. The van der Waals surface area contributed by atoms with Gasteiger partial charge in [-0.1, -0.05) is 29.8 Å². The first kappa shape index (κ1) is 15.5. The number of nitrogens with zero attached hydrogens (tertiary/aromatic N) is 1. The average Bonchev–Trinajstić information content (AvgIpc) is 2.89. The van der Waals surface area contributed by atoms with Crippen LogP contribution in [0, 0.1) is 12.8 Å². The van der Waals surface area contributed by atoms with E-state index in [9.17, 15) is 0 Å². The topological polar surface area (TPSA) is 35.5 Å². The normalized spacial score (nSPS) is 21.2. The molecule has 0 amide bonds. The zero-order valence-corrected chi connectivity index (χ0v) is 12.8. The first-order valence-corrected chi connectivity index (χ1v) is 7.80. The molecule has 1 aliphatic heterocycles. The van der Waals surface area contributed by atoms with Gasteiger partial charge in [0.25, 0.3) is 0 Å². The Balaban J connectivity index is 1.81. The molecule has 1 aliphatic rings. The van der Waals surface area contributed by atoms with Crippen molar-refractivity contribution in [2.45, 2.75) is 32.2 Å². The lowest BCUT2D eigenvalue weighted by Crippen LogP contribution is -2.27. The summed E-state index contributed by atoms with van der Waals surface area (Å²) in [6, 6.07) is 9.27. The number of likely N-dealkylation sites (tertiary alicyclic amines) is 1. The van der Waals surface area contributed by atoms with Crippen molar-refractivity contribution in [3.05, 3.63) is 35.4 Å². The number of aliphatic hydroxyl groups is 1. The van der Waals surface area contributed by atoms with Gasteiger partial charge in [-0.2, -0.15) is 0 Å². The molecule has 2 atom stereocenters. The second-order valence-corrected chi connectivity index (χ2v) is 6.01. The van der Waals surface area contributed by atoms with E-state index in [0.717, 1.165) is 25.9 Å². The van der Waals surface area contributed by atoms with Gasteiger partial charge >= 0.3 is 0 Å². The molecule has 0 spiro atoms. The number of rotatable bonds is 7. The van der Waals surface area contributed by atoms with Gasteiger partial charge in [-0.15, -0.1) is 0 Å². The number of aliphatic hydroxyl groups excluding tert-OH is 1. The quantitative estimate of drug-likeness (QED) is 0.802. The molecule has 1 fully saturated rings. The van der Waals surface area contributed by atoms with Crippen molar-refractivity contribution in [3.8, 4) is 0 Å². The zero-order chi connectivity index (χ0) is 14.4. The van der Waals surface area contributed by atoms with E-state index in [1.165, 1.54) is 24.1 Å². The lowest BCUT2D eigenvalue weighted by molar-refractivity contribution is 0.248. The molecule has 1 aromatic carbocycles. The van der Waals surface area contributed by atoms with Crippen molar-refractivity contribution in [1.82, 2.24) is 10.2 Å². The number of hydrogen-bond acceptors (Lipinski definition) is 3. The lowest BCUT2D eigenvalue weighted by Gasteiger charge is -2.21. The van der Waals surface area contributed by atoms with E-state index in [1.807, 2.05) is 7.05 Å². The molecule has 1 heterocycles. The Hall–Kier alpha value is -0.900. The third kappa shape index (κ3) is 4.30. The summed E-state index contributed by atoms with van der Waals surface area (Å²) in [6.07, 6.45) is 3.35. The van der Waals surface area contributed by atoms with Crippen LogP contribution in [0.1, 0.15) is 36.4 Å². The van der Waals surface area contributed by atoms with Gasteiger partial charge < -0.3 is 15.3 Å². The highest BCUT2D eigenvalue weighted by Gasteiger charge is 2.22. The molecular weight excluding hydrogens is 248 g/mol. The molecule has 3 heteroatoms. The van der Waals surface area contributed by atoms with Crippen molar-refractivity contribution in [2.24, 2.45) is 5.92 Å². The molecular formula is C17H28N2O. The Morgan fingerprint density at radius 3 is 2.75 bits per heavy atom. The van der Waals surface area contributed by atoms with Crippen LogP contribution in [0.5, 0.6) is 0 Å². The van der Waals surface area contributed by atoms with Crippen molar-refractivity contribution >= 4 is 0 Å². The first-order chi connectivity index (χ1) is 9.72. The molecule has 0 saturated carbocycles. The molecule has 0 bridgehead atoms. The van der Waals surface area contributed by atoms with E-state index < -0.39 is 0 Å². The number of hydrogen-bond donors (Lipinski definition) is 2. The van der Waals surface area contributed by atoms with Gasteiger partial charge in [0, 0.05) is 19.2 Å². The summed E-state index contributed by atoms with van der Waals surface area (Å²) in [5.74, 6) is 0.701. The summed E-state index contributed by atoms with van der Waals surface area (Å²) in [6.45, 7) is 5.95. The Bertz CT molecular complexity index is 390. The van der Waals surface area contributed by atoms with Crippen LogP contribution in [-0.2, 0) is 0 Å². The highest BCUT2D eigenvalue weighted by molar-refractivity contribution is 5.24. The van der Waals surface area contributed by atoms with Crippen molar-refractivity contribution in [2.75, 3.05) is 33.3 Å². The van der Waals surface area contributed by atoms with E-state index in [4.69, 9.17) is 5.11 Å². The standard InChI is InChI=1S/C17H28N2O/c1-14-3-5-16(6-4-14)17(18-2)8-11-19-10-7-15(13-19)9-12-20/h3-6,15,17-18,20H,7-13H2,1-2H3. The Kier molecular flexibility index (Phi) is 6.02. The van der Waals surface area contributed by atoms with Crippen LogP contribution in [0.4, 0.5) is 0 Å². The molecule has 2 N–H and O–H groups in total. The number of benzene rings is 1. The van der Waals surface area contributed by atoms with Gasteiger partial charge in [0.05, 0.1) is 0 Å². The maximum atomic E-state index is 9.01. The summed E-state index contributed by atoms with van der Waals surface area (Å²) in [5, 5.41) is 12.4. The van der Waals surface area contributed by atoms with Gasteiger partial charge in [-0.25, -0.2) is 0 Å². The van der Waals surface area contributed by atoms with E-state index >= 15 is 0 Å². The van der Waals surface area contributed by atoms with Crippen LogP contribution >= 0.6 is 0 Å². The van der Waals surface area contributed by atoms with Gasteiger partial charge in [-0.3, -0.25) is 0 Å². The Morgan fingerprint density at radius 2 is 2.10 bits per heavy atom. The minimum absolute atomic E-state index is 0.334. The minimum Gasteiger partial charge on any atom is -0.396 e. The summed E-state index contributed by atoms with van der Waals surface area (Å²) in [7, 11) is 2.04. The van der Waals surface area contributed by atoms with E-state index in [-0.39, 0.29) is 0 Å². The average molecular weight is 276 g/mol. The predicted molar refractivity (Wildman–Crippen MR) is 83.8 cm³/mol. The van der Waals surface area contributed by atoms with Gasteiger partial charge in [-0.05, 0) is 57.8 Å². The van der Waals surface area contributed by atoms with Gasteiger partial charge in [0.15, 0.2) is 0 Å². The van der Waals surface area contributed by atoms with Crippen molar-refractivity contribution in [1.29, 1.82) is 0 Å². The third-order valence-corrected chi connectivity index (χ3v) is 4.47. The highest BCUT2D eigenvalue weighted by atomic mass is 16.3. The summed E-state index contributed by atoms with van der Waals surface area (Å²) in [4.78, 5) is 2.54. The fourth-order valence-electron chi connectivity index (χ4n) is 3.12. The SMILES string of the molecule is CNC(CCN1CCC(CCO)C1)c1ccc(C)cc1. The van der Waals surface area contributed by atoms with E-state index in [0.29, 0.717) is 18.6 Å². The van der Waals surface area contributed by atoms with Crippen LogP contribution < -0.4 is 5.32 Å². The van der Waals surface area contributed by atoms with Crippen molar-refractivity contribution < 1.29 is 5.11 Å². The summed E-state index contributed by atoms with van der Waals surface area (Å²) >= 11 is 0. The van der Waals surface area contributed by atoms with Crippen molar-refractivity contribution in [3.63, 3.8) is 0 Å². The fraction of sp³-hybridized carbons (Fsp3) is 0.647. The van der Waals surface area contributed by atoms with Crippen LogP contribution in [0.25, 0.3) is 0 Å². The maximum absolute atomic E-state index is 9.01. The van der Waals surface area contributed by atoms with Crippen LogP contribution in [0.15, 0.2) is 24.3 Å². The molecule has 112 valence electrons. The molecule has 2 unspecified atom stereocenters. The fourth-order valence-corrected chi connectivity index (χ4v) is 3.12. The predicted octanol–water partition coefficient (Wildman–Crippen LogP) is 2.35. The maximum Gasteiger partial charge on any atom is 0.0434 e. The molecule has 0 radical (unpaired) electrons. The summed E-state index contributed by atoms with van der Waals surface area (Å²) < 4.78 is 0. The number of nitrogens with one attached hydrogen (secondary N) is 1. The smallest absolute Gasteiger partial charge is 0.0434 e. The van der Waals surface area contributed by atoms with Crippen LogP contribution in [-0.4, -0.2) is 43.3 Å². The van der Waals surface area contributed by atoms with E-state index in [1.54, 1.807) is 0 Å². The molecule has 1 aromatic rings. The molecule has 0 aliphatic carbocycles. The Labute approximate surface area is 123 Å². The zero-order valence-electron chi connectivity index (χ0n) is 12.8. The second-order valence-electron chi connectivity index (χ2n) is 6.01. The second kappa shape index (κ2) is 7.77. The monoisotopic (exact) mass is 276 g/mol. The van der Waals surface area contributed by atoms with Gasteiger partial charge in [0.2, 0.25) is 0 Å². The summed E-state index contributed by atoms with van der Waals surface area (Å²) in [5.41, 5.74) is 2.69. The highest BCUT2D eigenvalue weighted by Crippen LogP contribution is 2.22. The first-order valence-electron chi connectivity index (χ1n) is 7.80. The molecule has 1 saturated heterocycles. The molecule has 3 nitrogen and oxygen atoms in total. The lowest BCUT2D eigenvalue weighted by atomic mass is 10.0. The Morgan fingerprint density at radius 1 is 1.35 bits per heavy atom. The van der Waals surface area contributed by atoms with Crippen LogP contribution in [0.3, 0.4) is 0 Å². The molecule has 20 heavy (non-hydrogen) atoms.